The van der Waals surface area contributed by atoms with E-state index in [-0.39, 0.29) is 5.91 Å². The van der Waals surface area contributed by atoms with Crippen LogP contribution in [0.4, 0.5) is 5.69 Å². The third-order valence-corrected chi connectivity index (χ3v) is 5.07. The van der Waals surface area contributed by atoms with Crippen LogP contribution in [0, 0.1) is 11.3 Å². The third kappa shape index (κ3) is 3.77. The van der Waals surface area contributed by atoms with Crippen molar-refractivity contribution in [1.82, 2.24) is 4.90 Å². The highest BCUT2D eigenvalue weighted by molar-refractivity contribution is 9.10. The SMILES string of the molecule is N#Cc1ccc(N2CCN(C(=O)Cc3ccccc3Br)CC2)cc1. The number of nitriles is 1. The van der Waals surface area contributed by atoms with Crippen molar-refractivity contribution in [1.29, 1.82) is 5.26 Å². The zero-order chi connectivity index (χ0) is 16.9. The number of hydrogen-bond donors (Lipinski definition) is 0. The molecule has 3 rings (SSSR count). The van der Waals surface area contributed by atoms with E-state index in [1.165, 1.54) is 0 Å². The van der Waals surface area contributed by atoms with Crippen molar-refractivity contribution in [2.45, 2.75) is 6.42 Å². The summed E-state index contributed by atoms with van der Waals surface area (Å²) in [7, 11) is 0. The Kier molecular flexibility index (Phi) is 5.17. The Morgan fingerprint density at radius 1 is 1.04 bits per heavy atom. The smallest absolute Gasteiger partial charge is 0.227 e. The predicted molar refractivity (Wildman–Crippen MR) is 97.8 cm³/mol. The second-order valence-corrected chi connectivity index (χ2v) is 6.65. The Morgan fingerprint density at radius 3 is 2.33 bits per heavy atom. The van der Waals surface area contributed by atoms with E-state index in [1.807, 2.05) is 53.4 Å². The Balaban J connectivity index is 1.57. The van der Waals surface area contributed by atoms with E-state index in [2.05, 4.69) is 26.9 Å². The van der Waals surface area contributed by atoms with Crippen LogP contribution in [-0.2, 0) is 11.2 Å². The van der Waals surface area contributed by atoms with E-state index in [0.717, 1.165) is 41.9 Å². The van der Waals surface area contributed by atoms with Gasteiger partial charge >= 0.3 is 0 Å². The summed E-state index contributed by atoms with van der Waals surface area (Å²) in [6.07, 6.45) is 0.429. The average Bonchev–Trinajstić information content (AvgIpc) is 2.64. The molecule has 0 radical (unpaired) electrons. The van der Waals surface area contributed by atoms with Gasteiger partial charge in [-0.1, -0.05) is 34.1 Å². The van der Waals surface area contributed by atoms with Gasteiger partial charge in [-0.15, -0.1) is 0 Å². The normalized spacial score (nSPS) is 14.3. The molecule has 0 bridgehead atoms. The predicted octanol–water partition coefficient (Wildman–Crippen LogP) is 3.21. The molecule has 1 amide bonds. The van der Waals surface area contributed by atoms with E-state index in [9.17, 15) is 4.79 Å². The Morgan fingerprint density at radius 2 is 1.71 bits per heavy atom. The van der Waals surface area contributed by atoms with E-state index in [1.54, 1.807) is 0 Å². The van der Waals surface area contributed by atoms with E-state index in [4.69, 9.17) is 5.26 Å². The standard InChI is InChI=1S/C19H18BrN3O/c20-18-4-2-1-3-16(18)13-19(24)23-11-9-22(10-12-23)17-7-5-15(14-21)6-8-17/h1-8H,9-13H2. The zero-order valence-electron chi connectivity index (χ0n) is 13.3. The number of benzene rings is 2. The lowest BCUT2D eigenvalue weighted by Crippen LogP contribution is -2.49. The number of halogens is 1. The van der Waals surface area contributed by atoms with Gasteiger partial charge in [0.15, 0.2) is 0 Å². The molecule has 2 aromatic rings. The number of anilines is 1. The van der Waals surface area contributed by atoms with Crippen LogP contribution in [0.2, 0.25) is 0 Å². The van der Waals surface area contributed by atoms with Gasteiger partial charge in [0.25, 0.3) is 0 Å². The number of amides is 1. The van der Waals surface area contributed by atoms with Crippen LogP contribution in [0.5, 0.6) is 0 Å². The lowest BCUT2D eigenvalue weighted by molar-refractivity contribution is -0.130. The van der Waals surface area contributed by atoms with Crippen molar-refractivity contribution in [3.63, 3.8) is 0 Å². The first-order valence-electron chi connectivity index (χ1n) is 7.93. The molecular formula is C19H18BrN3O. The number of nitrogens with zero attached hydrogens (tertiary/aromatic N) is 3. The largest absolute Gasteiger partial charge is 0.368 e. The number of carbonyl (C=O) groups is 1. The first-order valence-corrected chi connectivity index (χ1v) is 8.73. The van der Waals surface area contributed by atoms with Crippen LogP contribution in [0.15, 0.2) is 53.0 Å². The first kappa shape index (κ1) is 16.5. The fourth-order valence-corrected chi connectivity index (χ4v) is 3.30. The number of hydrogen-bond acceptors (Lipinski definition) is 3. The van der Waals surface area contributed by atoms with E-state index >= 15 is 0 Å². The zero-order valence-corrected chi connectivity index (χ0v) is 14.9. The molecule has 122 valence electrons. The van der Waals surface area contributed by atoms with Crippen LogP contribution >= 0.6 is 15.9 Å². The molecule has 1 saturated heterocycles. The summed E-state index contributed by atoms with van der Waals surface area (Å²) in [6, 6.07) is 17.6. The van der Waals surface area contributed by atoms with Gasteiger partial charge in [-0.2, -0.15) is 5.26 Å². The van der Waals surface area contributed by atoms with Crippen molar-refractivity contribution in [3.05, 3.63) is 64.1 Å². The van der Waals surface area contributed by atoms with Gasteiger partial charge in [0.1, 0.15) is 0 Å². The quantitative estimate of drug-likeness (QED) is 0.817. The summed E-state index contributed by atoms with van der Waals surface area (Å²) >= 11 is 3.50. The summed E-state index contributed by atoms with van der Waals surface area (Å²) in [5.41, 5.74) is 2.80. The fourth-order valence-electron chi connectivity index (χ4n) is 2.88. The maximum Gasteiger partial charge on any atom is 0.227 e. The first-order chi connectivity index (χ1) is 11.7. The van der Waals surface area contributed by atoms with Crippen molar-refractivity contribution in [2.24, 2.45) is 0 Å². The monoisotopic (exact) mass is 383 g/mol. The Bertz CT molecular complexity index is 759. The Hall–Kier alpha value is -2.32. The summed E-state index contributed by atoms with van der Waals surface area (Å²) in [5, 5.41) is 8.86. The molecule has 1 aliphatic heterocycles. The molecule has 0 saturated carbocycles. The second-order valence-electron chi connectivity index (χ2n) is 5.79. The number of rotatable bonds is 3. The highest BCUT2D eigenvalue weighted by Gasteiger charge is 2.21. The van der Waals surface area contributed by atoms with Crippen LogP contribution < -0.4 is 4.90 Å². The van der Waals surface area contributed by atoms with Crippen LogP contribution in [-0.4, -0.2) is 37.0 Å². The molecule has 1 fully saturated rings. The summed E-state index contributed by atoms with van der Waals surface area (Å²) in [4.78, 5) is 16.7. The molecule has 0 aliphatic carbocycles. The molecule has 1 heterocycles. The van der Waals surface area contributed by atoms with E-state index in [0.29, 0.717) is 12.0 Å². The molecule has 24 heavy (non-hydrogen) atoms. The summed E-state index contributed by atoms with van der Waals surface area (Å²) in [5.74, 6) is 0.168. The lowest BCUT2D eigenvalue weighted by atomic mass is 10.1. The second kappa shape index (κ2) is 7.50. The molecule has 4 nitrogen and oxygen atoms in total. The Labute approximate surface area is 150 Å². The minimum absolute atomic E-state index is 0.168. The maximum absolute atomic E-state index is 12.5. The third-order valence-electron chi connectivity index (χ3n) is 4.29. The summed E-state index contributed by atoms with van der Waals surface area (Å²) < 4.78 is 0.981. The molecule has 5 heteroatoms. The topological polar surface area (TPSA) is 47.3 Å². The van der Waals surface area contributed by atoms with Gasteiger partial charge in [0.2, 0.25) is 5.91 Å². The molecule has 0 aromatic heterocycles. The van der Waals surface area contributed by atoms with Crippen molar-refractivity contribution >= 4 is 27.5 Å². The van der Waals surface area contributed by atoms with Gasteiger partial charge in [-0.25, -0.2) is 0 Å². The van der Waals surface area contributed by atoms with Gasteiger partial charge in [-0.3, -0.25) is 4.79 Å². The number of carbonyl (C=O) groups excluding carboxylic acids is 1. The molecule has 0 atom stereocenters. The lowest BCUT2D eigenvalue weighted by Gasteiger charge is -2.36. The van der Waals surface area contributed by atoms with Gasteiger partial charge in [0, 0.05) is 36.3 Å². The van der Waals surface area contributed by atoms with Gasteiger partial charge < -0.3 is 9.80 Å². The van der Waals surface area contributed by atoms with Crippen molar-refractivity contribution in [3.8, 4) is 6.07 Å². The number of piperazine rings is 1. The van der Waals surface area contributed by atoms with Crippen LogP contribution in [0.1, 0.15) is 11.1 Å². The van der Waals surface area contributed by atoms with Crippen molar-refractivity contribution in [2.75, 3.05) is 31.1 Å². The minimum Gasteiger partial charge on any atom is -0.368 e. The van der Waals surface area contributed by atoms with Gasteiger partial charge in [-0.05, 0) is 35.9 Å². The fraction of sp³-hybridized carbons (Fsp3) is 0.263. The minimum atomic E-state index is 0.168. The maximum atomic E-state index is 12.5. The highest BCUT2D eigenvalue weighted by atomic mass is 79.9. The molecule has 0 unspecified atom stereocenters. The molecular weight excluding hydrogens is 366 g/mol. The molecule has 1 aliphatic rings. The van der Waals surface area contributed by atoms with Crippen molar-refractivity contribution < 1.29 is 4.79 Å². The molecule has 2 aromatic carbocycles. The van der Waals surface area contributed by atoms with Gasteiger partial charge in [0.05, 0.1) is 18.1 Å². The molecule has 0 N–H and O–H groups in total. The van der Waals surface area contributed by atoms with E-state index < -0.39 is 0 Å². The summed E-state index contributed by atoms with van der Waals surface area (Å²) in [6.45, 7) is 3.08. The van der Waals surface area contributed by atoms with Crippen LogP contribution in [0.25, 0.3) is 0 Å². The highest BCUT2D eigenvalue weighted by Crippen LogP contribution is 2.19. The molecule has 0 spiro atoms. The average molecular weight is 384 g/mol. The van der Waals surface area contributed by atoms with Crippen LogP contribution in [0.3, 0.4) is 0 Å².